The van der Waals surface area contributed by atoms with Crippen molar-refractivity contribution in [1.82, 2.24) is 5.43 Å². The molecule has 5 nitrogen and oxygen atoms in total. The molecule has 0 bridgehead atoms. The highest BCUT2D eigenvalue weighted by Crippen LogP contribution is 2.22. The van der Waals surface area contributed by atoms with E-state index >= 15 is 0 Å². The average molecular weight is 312 g/mol. The minimum absolute atomic E-state index is 0.0883. The van der Waals surface area contributed by atoms with Crippen molar-refractivity contribution in [1.29, 1.82) is 0 Å². The Labute approximate surface area is 135 Å². The quantitative estimate of drug-likeness (QED) is 0.659. The Balaban J connectivity index is 1.89. The van der Waals surface area contributed by atoms with Crippen LogP contribution in [0.25, 0.3) is 0 Å². The van der Waals surface area contributed by atoms with Crippen molar-refractivity contribution in [2.45, 2.75) is 13.8 Å². The Kier molecular flexibility index (Phi) is 5.74. The fourth-order valence-corrected chi connectivity index (χ4v) is 2.14. The predicted octanol–water partition coefficient (Wildman–Crippen LogP) is 2.84. The Morgan fingerprint density at radius 1 is 1.13 bits per heavy atom. The summed E-state index contributed by atoms with van der Waals surface area (Å²) < 4.78 is 10.8. The molecule has 0 aliphatic rings. The van der Waals surface area contributed by atoms with Crippen LogP contribution in [0.1, 0.15) is 16.7 Å². The number of carbonyl (C=O) groups excluding carboxylic acids is 1. The topological polar surface area (TPSA) is 59.9 Å². The molecule has 0 saturated heterocycles. The second-order valence-electron chi connectivity index (χ2n) is 5.04. The van der Waals surface area contributed by atoms with Crippen molar-refractivity contribution in [3.63, 3.8) is 0 Å². The van der Waals surface area contributed by atoms with Gasteiger partial charge in [-0.05, 0) is 37.1 Å². The monoisotopic (exact) mass is 312 g/mol. The number of nitrogens with one attached hydrogen (secondary N) is 1. The maximum atomic E-state index is 11.8. The lowest BCUT2D eigenvalue weighted by Gasteiger charge is -2.10. The molecule has 5 heteroatoms. The first-order chi connectivity index (χ1) is 11.1. The summed E-state index contributed by atoms with van der Waals surface area (Å²) in [6.45, 7) is 3.80. The fourth-order valence-electron chi connectivity index (χ4n) is 2.14. The zero-order valence-electron chi connectivity index (χ0n) is 13.5. The number of nitrogens with zero attached hydrogens (tertiary/aromatic N) is 1. The van der Waals surface area contributed by atoms with Crippen molar-refractivity contribution < 1.29 is 14.3 Å². The van der Waals surface area contributed by atoms with Crippen molar-refractivity contribution in [2.75, 3.05) is 13.7 Å². The molecule has 0 heterocycles. The molecule has 2 aromatic rings. The molecule has 0 saturated carbocycles. The largest absolute Gasteiger partial charge is 0.496 e. The van der Waals surface area contributed by atoms with Crippen LogP contribution in [0.4, 0.5) is 0 Å². The number of aryl methyl sites for hydroxylation is 2. The van der Waals surface area contributed by atoms with Crippen LogP contribution in [-0.2, 0) is 4.79 Å². The SMILES string of the molecule is COc1ccccc1/C=N\NC(=O)COc1c(C)cccc1C. The molecule has 0 aliphatic heterocycles. The first-order valence-corrected chi connectivity index (χ1v) is 7.25. The van der Waals surface area contributed by atoms with Gasteiger partial charge in [-0.2, -0.15) is 5.10 Å². The minimum atomic E-state index is -0.321. The predicted molar refractivity (Wildman–Crippen MR) is 90.1 cm³/mol. The Bertz CT molecular complexity index is 691. The van der Waals surface area contributed by atoms with Crippen LogP contribution in [0, 0.1) is 13.8 Å². The lowest BCUT2D eigenvalue weighted by Crippen LogP contribution is -2.25. The standard InChI is InChI=1S/C18H20N2O3/c1-13-7-6-8-14(2)18(13)23-12-17(21)20-19-11-15-9-4-5-10-16(15)22-3/h4-11H,12H2,1-3H3,(H,20,21)/b19-11-. The molecule has 2 rings (SSSR count). The lowest BCUT2D eigenvalue weighted by molar-refractivity contribution is -0.123. The molecule has 120 valence electrons. The van der Waals surface area contributed by atoms with Gasteiger partial charge in [0.2, 0.25) is 0 Å². The molecule has 1 amide bonds. The summed E-state index contributed by atoms with van der Waals surface area (Å²) in [6.07, 6.45) is 1.54. The van der Waals surface area contributed by atoms with E-state index in [2.05, 4.69) is 10.5 Å². The van der Waals surface area contributed by atoms with Gasteiger partial charge in [0.05, 0.1) is 13.3 Å². The molecule has 2 aromatic carbocycles. The Hall–Kier alpha value is -2.82. The van der Waals surface area contributed by atoms with Crippen molar-refractivity contribution >= 4 is 12.1 Å². The van der Waals surface area contributed by atoms with Crippen LogP contribution in [0.5, 0.6) is 11.5 Å². The lowest BCUT2D eigenvalue weighted by atomic mass is 10.1. The second-order valence-corrected chi connectivity index (χ2v) is 5.04. The number of amides is 1. The summed E-state index contributed by atoms with van der Waals surface area (Å²) >= 11 is 0. The highest BCUT2D eigenvalue weighted by Gasteiger charge is 2.06. The van der Waals surface area contributed by atoms with Gasteiger partial charge in [-0.25, -0.2) is 5.43 Å². The van der Waals surface area contributed by atoms with E-state index < -0.39 is 0 Å². The van der Waals surface area contributed by atoms with Gasteiger partial charge in [-0.15, -0.1) is 0 Å². The van der Waals surface area contributed by atoms with Gasteiger partial charge in [-0.3, -0.25) is 4.79 Å². The van der Waals surface area contributed by atoms with Crippen LogP contribution in [0.15, 0.2) is 47.6 Å². The maximum absolute atomic E-state index is 11.8. The van der Waals surface area contributed by atoms with Gasteiger partial charge in [-0.1, -0.05) is 30.3 Å². The highest BCUT2D eigenvalue weighted by atomic mass is 16.5. The number of para-hydroxylation sites is 2. The van der Waals surface area contributed by atoms with Gasteiger partial charge in [0.1, 0.15) is 11.5 Å². The molecule has 0 radical (unpaired) electrons. The van der Waals surface area contributed by atoms with E-state index in [0.717, 1.165) is 22.4 Å². The van der Waals surface area contributed by atoms with Gasteiger partial charge < -0.3 is 9.47 Å². The summed E-state index contributed by atoms with van der Waals surface area (Å²) in [6, 6.07) is 13.3. The number of methoxy groups -OCH3 is 1. The van der Waals surface area contributed by atoms with Crippen molar-refractivity contribution in [3.8, 4) is 11.5 Å². The molecular weight excluding hydrogens is 292 g/mol. The third-order valence-corrected chi connectivity index (χ3v) is 3.29. The molecule has 0 fully saturated rings. The number of hydrogen-bond acceptors (Lipinski definition) is 4. The minimum Gasteiger partial charge on any atom is -0.496 e. The summed E-state index contributed by atoms with van der Waals surface area (Å²) in [4.78, 5) is 11.8. The normalized spacial score (nSPS) is 10.6. The number of hydrazone groups is 1. The number of ether oxygens (including phenoxy) is 2. The number of benzene rings is 2. The Morgan fingerprint density at radius 3 is 2.52 bits per heavy atom. The summed E-state index contributed by atoms with van der Waals surface area (Å²) in [5.41, 5.74) is 5.22. The van der Waals surface area contributed by atoms with E-state index in [1.807, 2.05) is 56.3 Å². The maximum Gasteiger partial charge on any atom is 0.277 e. The zero-order chi connectivity index (χ0) is 16.7. The van der Waals surface area contributed by atoms with E-state index in [9.17, 15) is 4.79 Å². The van der Waals surface area contributed by atoms with Crippen LogP contribution in [0.3, 0.4) is 0 Å². The fraction of sp³-hybridized carbons (Fsp3) is 0.222. The zero-order valence-corrected chi connectivity index (χ0v) is 13.5. The molecular formula is C18H20N2O3. The summed E-state index contributed by atoms with van der Waals surface area (Å²) in [5.74, 6) is 1.10. The third kappa shape index (κ3) is 4.57. The van der Waals surface area contributed by atoms with Crippen molar-refractivity contribution in [2.24, 2.45) is 5.10 Å². The van der Waals surface area contributed by atoms with Crippen LogP contribution >= 0.6 is 0 Å². The van der Waals surface area contributed by atoms with Gasteiger partial charge in [0.25, 0.3) is 5.91 Å². The van der Waals surface area contributed by atoms with Crippen molar-refractivity contribution in [3.05, 3.63) is 59.2 Å². The van der Waals surface area contributed by atoms with Gasteiger partial charge in [0, 0.05) is 5.56 Å². The third-order valence-electron chi connectivity index (χ3n) is 3.29. The van der Waals surface area contributed by atoms with E-state index in [1.165, 1.54) is 6.21 Å². The molecule has 1 N–H and O–H groups in total. The first-order valence-electron chi connectivity index (χ1n) is 7.25. The first kappa shape index (κ1) is 16.5. The summed E-state index contributed by atoms with van der Waals surface area (Å²) in [5, 5.41) is 3.92. The van der Waals surface area contributed by atoms with E-state index in [1.54, 1.807) is 7.11 Å². The van der Waals surface area contributed by atoms with Crippen LogP contribution < -0.4 is 14.9 Å². The smallest absolute Gasteiger partial charge is 0.277 e. The number of rotatable bonds is 6. The van der Waals surface area contributed by atoms with E-state index in [-0.39, 0.29) is 12.5 Å². The molecule has 0 aliphatic carbocycles. The molecule has 23 heavy (non-hydrogen) atoms. The molecule has 0 aromatic heterocycles. The number of carbonyl (C=O) groups is 1. The molecule has 0 atom stereocenters. The molecule has 0 unspecified atom stereocenters. The van der Waals surface area contributed by atoms with Gasteiger partial charge in [0.15, 0.2) is 6.61 Å². The van der Waals surface area contributed by atoms with Gasteiger partial charge >= 0.3 is 0 Å². The average Bonchev–Trinajstić information content (AvgIpc) is 2.55. The highest BCUT2D eigenvalue weighted by molar-refractivity contribution is 5.85. The summed E-state index contributed by atoms with van der Waals surface area (Å²) in [7, 11) is 1.59. The van der Waals surface area contributed by atoms with Crippen LogP contribution in [0.2, 0.25) is 0 Å². The van der Waals surface area contributed by atoms with E-state index in [0.29, 0.717) is 5.75 Å². The molecule has 0 spiro atoms. The van der Waals surface area contributed by atoms with Crippen LogP contribution in [-0.4, -0.2) is 25.8 Å². The second kappa shape index (κ2) is 7.98. The number of hydrogen-bond donors (Lipinski definition) is 1. The Morgan fingerprint density at radius 2 is 1.83 bits per heavy atom. The van der Waals surface area contributed by atoms with E-state index in [4.69, 9.17) is 9.47 Å².